The summed E-state index contributed by atoms with van der Waals surface area (Å²) in [6.07, 6.45) is 9.38. The zero-order valence-electron chi connectivity index (χ0n) is 11.6. The van der Waals surface area contributed by atoms with Gasteiger partial charge in [0.15, 0.2) is 5.78 Å². The molecular weight excluding hydrogens is 308 g/mol. The van der Waals surface area contributed by atoms with E-state index in [1.807, 2.05) is 13.0 Å². The van der Waals surface area contributed by atoms with Crippen molar-refractivity contribution in [1.82, 2.24) is 0 Å². The molecule has 1 aliphatic carbocycles. The standard InChI is InChI=1S/C15H23BrO3/c1-2-19-15(18)9-7-5-3-4-6-8-12-10-13(16)11-14(12)17/h10,13H,2-9,11H2,1H3. The monoisotopic (exact) mass is 330 g/mol. The van der Waals surface area contributed by atoms with Crippen molar-refractivity contribution in [3.05, 3.63) is 11.6 Å². The summed E-state index contributed by atoms with van der Waals surface area (Å²) in [4.78, 5) is 22.9. The van der Waals surface area contributed by atoms with Gasteiger partial charge in [0.25, 0.3) is 0 Å². The van der Waals surface area contributed by atoms with Crippen molar-refractivity contribution < 1.29 is 14.3 Å². The van der Waals surface area contributed by atoms with Crippen LogP contribution in [0, 0.1) is 0 Å². The highest BCUT2D eigenvalue weighted by Gasteiger charge is 2.20. The summed E-state index contributed by atoms with van der Waals surface area (Å²) >= 11 is 3.45. The van der Waals surface area contributed by atoms with Crippen LogP contribution in [0.3, 0.4) is 0 Å². The van der Waals surface area contributed by atoms with E-state index in [-0.39, 0.29) is 10.8 Å². The molecule has 3 nitrogen and oxygen atoms in total. The van der Waals surface area contributed by atoms with Crippen LogP contribution in [-0.2, 0) is 14.3 Å². The second-order valence-corrected chi connectivity index (χ2v) is 6.08. The number of rotatable bonds is 9. The molecule has 0 saturated heterocycles. The van der Waals surface area contributed by atoms with Gasteiger partial charge in [-0.2, -0.15) is 0 Å². The number of alkyl halides is 1. The Balaban J connectivity index is 1.96. The number of hydrogen-bond acceptors (Lipinski definition) is 3. The molecule has 108 valence electrons. The largest absolute Gasteiger partial charge is 0.466 e. The Labute approximate surface area is 123 Å². The number of unbranched alkanes of at least 4 members (excludes halogenated alkanes) is 4. The number of Topliss-reactive ketones (excluding diaryl/α,β-unsaturated/α-hetero) is 1. The molecule has 0 amide bonds. The maximum atomic E-state index is 11.5. The van der Waals surface area contributed by atoms with E-state index in [0.29, 0.717) is 25.2 Å². The maximum Gasteiger partial charge on any atom is 0.305 e. The van der Waals surface area contributed by atoms with E-state index in [1.165, 1.54) is 0 Å². The van der Waals surface area contributed by atoms with Crippen LogP contribution in [0.25, 0.3) is 0 Å². The Morgan fingerprint density at radius 2 is 2.00 bits per heavy atom. The van der Waals surface area contributed by atoms with Crippen LogP contribution < -0.4 is 0 Å². The van der Waals surface area contributed by atoms with Crippen LogP contribution >= 0.6 is 15.9 Å². The van der Waals surface area contributed by atoms with Gasteiger partial charge in [0.05, 0.1) is 6.61 Å². The number of carbonyl (C=O) groups is 2. The minimum atomic E-state index is -0.0902. The van der Waals surface area contributed by atoms with Crippen LogP contribution in [0.15, 0.2) is 11.6 Å². The minimum absolute atomic E-state index is 0.0902. The second-order valence-electron chi connectivity index (χ2n) is 4.91. The fourth-order valence-electron chi connectivity index (χ4n) is 2.25. The number of allylic oxidation sites excluding steroid dienone is 2. The molecule has 0 saturated carbocycles. The summed E-state index contributed by atoms with van der Waals surface area (Å²) in [5.74, 6) is 0.205. The molecule has 0 aromatic heterocycles. The van der Waals surface area contributed by atoms with Crippen molar-refractivity contribution in [1.29, 1.82) is 0 Å². The van der Waals surface area contributed by atoms with Crippen molar-refractivity contribution >= 4 is 27.7 Å². The first kappa shape index (κ1) is 16.4. The van der Waals surface area contributed by atoms with Gasteiger partial charge in [0.2, 0.25) is 0 Å². The lowest BCUT2D eigenvalue weighted by atomic mass is 10.0. The lowest BCUT2D eigenvalue weighted by Crippen LogP contribution is -2.03. The lowest BCUT2D eigenvalue weighted by molar-refractivity contribution is -0.143. The maximum absolute atomic E-state index is 11.5. The van der Waals surface area contributed by atoms with Crippen molar-refractivity contribution in [2.24, 2.45) is 0 Å². The number of ether oxygens (including phenoxy) is 1. The Morgan fingerprint density at radius 1 is 1.32 bits per heavy atom. The first-order valence-corrected chi connectivity index (χ1v) is 8.08. The van der Waals surface area contributed by atoms with Crippen molar-refractivity contribution in [2.45, 2.75) is 63.1 Å². The van der Waals surface area contributed by atoms with Gasteiger partial charge in [-0.15, -0.1) is 0 Å². The normalized spacial score (nSPS) is 18.5. The van der Waals surface area contributed by atoms with E-state index in [9.17, 15) is 9.59 Å². The van der Waals surface area contributed by atoms with Gasteiger partial charge in [-0.25, -0.2) is 0 Å². The fraction of sp³-hybridized carbons (Fsp3) is 0.733. The molecule has 0 bridgehead atoms. The fourth-order valence-corrected chi connectivity index (χ4v) is 2.86. The van der Waals surface area contributed by atoms with Crippen LogP contribution in [0.1, 0.15) is 58.3 Å². The van der Waals surface area contributed by atoms with Crippen molar-refractivity contribution in [3.63, 3.8) is 0 Å². The van der Waals surface area contributed by atoms with Crippen molar-refractivity contribution in [2.75, 3.05) is 6.61 Å². The molecular formula is C15H23BrO3. The van der Waals surface area contributed by atoms with E-state index >= 15 is 0 Å². The number of hydrogen-bond donors (Lipinski definition) is 0. The first-order valence-electron chi connectivity index (χ1n) is 7.17. The smallest absolute Gasteiger partial charge is 0.305 e. The van der Waals surface area contributed by atoms with Crippen LogP contribution in [0.2, 0.25) is 0 Å². The third-order valence-corrected chi connectivity index (χ3v) is 3.84. The van der Waals surface area contributed by atoms with Crippen LogP contribution in [0.4, 0.5) is 0 Å². The van der Waals surface area contributed by atoms with E-state index in [4.69, 9.17) is 4.74 Å². The predicted molar refractivity (Wildman–Crippen MR) is 79.4 cm³/mol. The Kier molecular flexibility index (Phi) is 8.03. The second kappa shape index (κ2) is 9.29. The molecule has 4 heteroatoms. The Hall–Kier alpha value is -0.640. The molecule has 19 heavy (non-hydrogen) atoms. The number of ketones is 1. The summed E-state index contributed by atoms with van der Waals surface area (Å²) in [7, 11) is 0. The van der Waals surface area contributed by atoms with Gasteiger partial charge in [-0.1, -0.05) is 41.3 Å². The predicted octanol–water partition coefficient (Wildman–Crippen LogP) is 3.94. The van der Waals surface area contributed by atoms with Gasteiger partial charge in [0, 0.05) is 17.7 Å². The van der Waals surface area contributed by atoms with Crippen LogP contribution in [0.5, 0.6) is 0 Å². The quantitative estimate of drug-likeness (QED) is 0.365. The van der Waals surface area contributed by atoms with Crippen LogP contribution in [-0.4, -0.2) is 23.2 Å². The molecule has 0 aromatic rings. The molecule has 0 fully saturated rings. The molecule has 1 aliphatic rings. The first-order chi connectivity index (χ1) is 9.13. The highest BCUT2D eigenvalue weighted by Crippen LogP contribution is 2.25. The molecule has 1 unspecified atom stereocenters. The molecule has 0 heterocycles. The highest BCUT2D eigenvalue weighted by molar-refractivity contribution is 9.09. The average Bonchev–Trinajstić information content (AvgIpc) is 2.67. The van der Waals surface area contributed by atoms with E-state index < -0.39 is 0 Å². The van der Waals surface area contributed by atoms with Crippen molar-refractivity contribution in [3.8, 4) is 0 Å². The molecule has 0 radical (unpaired) electrons. The zero-order chi connectivity index (χ0) is 14.1. The number of esters is 1. The van der Waals surface area contributed by atoms with E-state index in [2.05, 4.69) is 15.9 Å². The van der Waals surface area contributed by atoms with Gasteiger partial charge in [0.1, 0.15) is 0 Å². The molecule has 0 spiro atoms. The van der Waals surface area contributed by atoms with Gasteiger partial charge in [-0.05, 0) is 31.8 Å². The highest BCUT2D eigenvalue weighted by atomic mass is 79.9. The summed E-state index contributed by atoms with van der Waals surface area (Å²) in [5.41, 5.74) is 0.994. The average molecular weight is 331 g/mol. The Bertz CT molecular complexity index is 336. The molecule has 0 aromatic carbocycles. The Morgan fingerprint density at radius 3 is 2.63 bits per heavy atom. The summed E-state index contributed by atoms with van der Waals surface area (Å²) < 4.78 is 4.87. The molecule has 0 aliphatic heterocycles. The molecule has 1 atom stereocenters. The minimum Gasteiger partial charge on any atom is -0.466 e. The van der Waals surface area contributed by atoms with Gasteiger partial charge >= 0.3 is 5.97 Å². The third kappa shape index (κ3) is 6.90. The molecule has 1 rings (SSSR count). The number of carbonyl (C=O) groups excluding carboxylic acids is 2. The summed E-state index contributed by atoms with van der Waals surface area (Å²) in [6, 6.07) is 0. The topological polar surface area (TPSA) is 43.4 Å². The summed E-state index contributed by atoms with van der Waals surface area (Å²) in [6.45, 7) is 2.30. The van der Waals surface area contributed by atoms with E-state index in [0.717, 1.165) is 44.1 Å². The summed E-state index contributed by atoms with van der Waals surface area (Å²) in [5, 5.41) is 0. The molecule has 0 N–H and O–H groups in total. The zero-order valence-corrected chi connectivity index (χ0v) is 13.2. The lowest BCUT2D eigenvalue weighted by Gasteiger charge is -2.03. The SMILES string of the molecule is CCOC(=O)CCCCCCCC1=CC(Br)CC1=O. The van der Waals surface area contributed by atoms with E-state index in [1.54, 1.807) is 0 Å². The number of halogens is 1. The third-order valence-electron chi connectivity index (χ3n) is 3.25. The van der Waals surface area contributed by atoms with Gasteiger partial charge in [-0.3, -0.25) is 9.59 Å². The van der Waals surface area contributed by atoms with Gasteiger partial charge < -0.3 is 4.74 Å².